The Hall–Kier alpha value is -3.19. The van der Waals surface area contributed by atoms with Crippen molar-refractivity contribution in [1.82, 2.24) is 25.4 Å². The molecule has 1 aliphatic carbocycles. The summed E-state index contributed by atoms with van der Waals surface area (Å²) >= 11 is 0. The van der Waals surface area contributed by atoms with Crippen LogP contribution in [0.5, 0.6) is 0 Å². The lowest BCUT2D eigenvalue weighted by Gasteiger charge is -2.16. The molecule has 1 saturated carbocycles. The van der Waals surface area contributed by atoms with E-state index in [2.05, 4.69) is 62.0 Å². The summed E-state index contributed by atoms with van der Waals surface area (Å²) in [5.74, 6) is 2.22. The van der Waals surface area contributed by atoms with Crippen LogP contribution in [0.3, 0.4) is 0 Å². The maximum Gasteiger partial charge on any atom is 0.319 e. The van der Waals surface area contributed by atoms with Crippen LogP contribution in [0, 0.1) is 0 Å². The van der Waals surface area contributed by atoms with Crippen LogP contribution in [-0.2, 0) is 6.54 Å². The fourth-order valence-corrected chi connectivity index (χ4v) is 3.35. The molecule has 1 heterocycles. The van der Waals surface area contributed by atoms with Gasteiger partial charge in [0.15, 0.2) is 5.82 Å². The Labute approximate surface area is 176 Å². The van der Waals surface area contributed by atoms with Crippen LogP contribution in [0.15, 0.2) is 54.6 Å². The number of carbonyl (C=O) groups is 1. The van der Waals surface area contributed by atoms with Crippen molar-refractivity contribution in [3.05, 3.63) is 66.0 Å². The molecule has 1 aliphatic rings. The predicted molar refractivity (Wildman–Crippen MR) is 118 cm³/mol. The first-order chi connectivity index (χ1) is 14.7. The van der Waals surface area contributed by atoms with Crippen LogP contribution >= 0.6 is 0 Å². The molecule has 0 atom stereocenters. The van der Waals surface area contributed by atoms with Gasteiger partial charge >= 0.3 is 6.03 Å². The van der Waals surface area contributed by atoms with Crippen LogP contribution in [-0.4, -0.2) is 46.2 Å². The number of nitrogens with one attached hydrogen (secondary N) is 3. The van der Waals surface area contributed by atoms with E-state index >= 15 is 0 Å². The number of anilines is 1. The van der Waals surface area contributed by atoms with Crippen molar-refractivity contribution in [3.63, 3.8) is 0 Å². The van der Waals surface area contributed by atoms with Gasteiger partial charge in [-0.05, 0) is 62.7 Å². The first-order valence-electron chi connectivity index (χ1n) is 10.5. The fraction of sp³-hybridized carbons (Fsp3) is 0.348. The Bertz CT molecular complexity index is 949. The van der Waals surface area contributed by atoms with E-state index in [9.17, 15) is 4.79 Å². The van der Waals surface area contributed by atoms with E-state index in [-0.39, 0.29) is 6.03 Å². The molecule has 7 nitrogen and oxygen atoms in total. The third-order valence-corrected chi connectivity index (χ3v) is 5.17. The van der Waals surface area contributed by atoms with E-state index in [1.165, 1.54) is 18.4 Å². The molecule has 7 heteroatoms. The molecule has 156 valence electrons. The molecule has 2 amide bonds. The highest BCUT2D eigenvalue weighted by molar-refractivity contribution is 5.89. The molecule has 4 rings (SSSR count). The molecule has 30 heavy (non-hydrogen) atoms. The molecular formula is C23H28N6O. The summed E-state index contributed by atoms with van der Waals surface area (Å²) in [6.07, 6.45) is 3.27. The summed E-state index contributed by atoms with van der Waals surface area (Å²) < 4.78 is 0. The van der Waals surface area contributed by atoms with Gasteiger partial charge in [0, 0.05) is 30.3 Å². The molecule has 1 aromatic heterocycles. The third-order valence-electron chi connectivity index (χ3n) is 5.17. The van der Waals surface area contributed by atoms with Gasteiger partial charge in [-0.25, -0.2) is 9.78 Å². The summed E-state index contributed by atoms with van der Waals surface area (Å²) in [5.41, 5.74) is 2.98. The molecule has 0 bridgehead atoms. The van der Waals surface area contributed by atoms with Gasteiger partial charge in [-0.3, -0.25) is 5.10 Å². The lowest BCUT2D eigenvalue weighted by Crippen LogP contribution is -2.31. The molecule has 3 N–H and O–H groups in total. The number of benzene rings is 2. The number of carbonyl (C=O) groups excluding carboxylic acids is 1. The zero-order valence-corrected chi connectivity index (χ0v) is 17.3. The number of aromatic amines is 1. The number of aromatic nitrogens is 3. The largest absolute Gasteiger partial charge is 0.338 e. The number of hydrogen-bond acceptors (Lipinski definition) is 4. The summed E-state index contributed by atoms with van der Waals surface area (Å²) in [7, 11) is 2.09. The second-order valence-corrected chi connectivity index (χ2v) is 7.85. The average Bonchev–Trinajstić information content (AvgIpc) is 3.49. The zero-order valence-electron chi connectivity index (χ0n) is 17.3. The Morgan fingerprint density at radius 2 is 1.90 bits per heavy atom. The summed E-state index contributed by atoms with van der Waals surface area (Å²) in [6.45, 7) is 2.46. The van der Waals surface area contributed by atoms with Crippen LogP contribution in [0.25, 0.3) is 11.4 Å². The van der Waals surface area contributed by atoms with Crippen molar-refractivity contribution in [1.29, 1.82) is 0 Å². The van der Waals surface area contributed by atoms with Gasteiger partial charge in [-0.2, -0.15) is 5.10 Å². The zero-order chi connectivity index (χ0) is 20.8. The number of urea groups is 1. The maximum absolute atomic E-state index is 12.1. The lowest BCUT2D eigenvalue weighted by molar-refractivity contribution is 0.250. The predicted octanol–water partition coefficient (Wildman–Crippen LogP) is 3.99. The minimum Gasteiger partial charge on any atom is -0.338 e. The second-order valence-electron chi connectivity index (χ2n) is 7.85. The standard InChI is InChI=1S/C23H28N6O/c1-29(16-17-6-3-2-4-7-17)15-5-14-24-23(30)25-20-12-10-19(11-13-20)22-26-21(27-28-22)18-8-9-18/h2-4,6-7,10-13,18H,5,8-9,14-16H2,1H3,(H2,24,25,30)(H,26,27,28). The van der Waals surface area contributed by atoms with Gasteiger partial charge in [-0.15, -0.1) is 0 Å². The maximum atomic E-state index is 12.1. The minimum absolute atomic E-state index is 0.192. The molecule has 2 aromatic carbocycles. The van der Waals surface area contributed by atoms with Gasteiger partial charge in [0.05, 0.1) is 0 Å². The Balaban J connectivity index is 1.16. The van der Waals surface area contributed by atoms with Crippen molar-refractivity contribution in [3.8, 4) is 11.4 Å². The SMILES string of the molecule is CN(CCCNC(=O)Nc1ccc(-c2n[nH]c(C3CC3)n2)cc1)Cc1ccccc1. The minimum atomic E-state index is -0.192. The van der Waals surface area contributed by atoms with E-state index in [0.29, 0.717) is 18.3 Å². The number of hydrogen-bond donors (Lipinski definition) is 3. The summed E-state index contributed by atoms with van der Waals surface area (Å²) in [5, 5.41) is 13.1. The smallest absolute Gasteiger partial charge is 0.319 e. The first kappa shape index (κ1) is 20.1. The first-order valence-corrected chi connectivity index (χ1v) is 10.5. The quantitative estimate of drug-likeness (QED) is 0.471. The Morgan fingerprint density at radius 3 is 2.63 bits per heavy atom. The van der Waals surface area contributed by atoms with Gasteiger partial charge in [0.2, 0.25) is 0 Å². The molecule has 0 radical (unpaired) electrons. The van der Waals surface area contributed by atoms with Gasteiger partial charge in [-0.1, -0.05) is 30.3 Å². The average molecular weight is 405 g/mol. The monoisotopic (exact) mass is 404 g/mol. The van der Waals surface area contributed by atoms with Gasteiger partial charge < -0.3 is 15.5 Å². The van der Waals surface area contributed by atoms with E-state index in [0.717, 1.165) is 36.6 Å². The number of rotatable bonds is 9. The highest BCUT2D eigenvalue weighted by Crippen LogP contribution is 2.38. The van der Waals surface area contributed by atoms with Crippen molar-refractivity contribution in [2.24, 2.45) is 0 Å². The van der Waals surface area contributed by atoms with Crippen molar-refractivity contribution in [2.75, 3.05) is 25.5 Å². The van der Waals surface area contributed by atoms with E-state index in [4.69, 9.17) is 0 Å². The van der Waals surface area contributed by atoms with E-state index in [1.54, 1.807) is 0 Å². The molecule has 0 spiro atoms. The van der Waals surface area contributed by atoms with E-state index < -0.39 is 0 Å². The van der Waals surface area contributed by atoms with Crippen molar-refractivity contribution in [2.45, 2.75) is 31.7 Å². The molecular weight excluding hydrogens is 376 g/mol. The molecule has 0 saturated heterocycles. The van der Waals surface area contributed by atoms with Crippen molar-refractivity contribution >= 4 is 11.7 Å². The number of amides is 2. The highest BCUT2D eigenvalue weighted by atomic mass is 16.2. The molecule has 0 aliphatic heterocycles. The molecule has 1 fully saturated rings. The van der Waals surface area contributed by atoms with Crippen molar-refractivity contribution < 1.29 is 4.79 Å². The van der Waals surface area contributed by atoms with Gasteiger partial charge in [0.1, 0.15) is 5.82 Å². The second kappa shape index (κ2) is 9.54. The highest BCUT2D eigenvalue weighted by Gasteiger charge is 2.27. The topological polar surface area (TPSA) is 85.9 Å². The van der Waals surface area contributed by atoms with Crippen LogP contribution in [0.2, 0.25) is 0 Å². The fourth-order valence-electron chi connectivity index (χ4n) is 3.35. The van der Waals surface area contributed by atoms with Crippen LogP contribution < -0.4 is 10.6 Å². The number of H-pyrrole nitrogens is 1. The lowest BCUT2D eigenvalue weighted by atomic mass is 10.2. The van der Waals surface area contributed by atoms with Crippen LogP contribution in [0.1, 0.15) is 36.6 Å². The summed E-state index contributed by atoms with van der Waals surface area (Å²) in [4.78, 5) is 18.9. The third kappa shape index (κ3) is 5.67. The van der Waals surface area contributed by atoms with Gasteiger partial charge in [0.25, 0.3) is 0 Å². The number of nitrogens with zero attached hydrogens (tertiary/aromatic N) is 3. The van der Waals surface area contributed by atoms with Crippen LogP contribution in [0.4, 0.5) is 10.5 Å². The normalized spacial score (nSPS) is 13.4. The Morgan fingerprint density at radius 1 is 1.13 bits per heavy atom. The molecule has 0 unspecified atom stereocenters. The molecule has 3 aromatic rings. The summed E-state index contributed by atoms with van der Waals surface area (Å²) in [6, 6.07) is 17.8. The van der Waals surface area contributed by atoms with E-state index in [1.807, 2.05) is 30.3 Å². The Kier molecular flexibility index (Phi) is 6.39.